The van der Waals surface area contributed by atoms with Crippen molar-refractivity contribution < 1.29 is 14.3 Å². The zero-order valence-corrected chi connectivity index (χ0v) is 19.8. The van der Waals surface area contributed by atoms with Gasteiger partial charge in [0.05, 0.1) is 12.8 Å². The summed E-state index contributed by atoms with van der Waals surface area (Å²) in [7, 11) is 0. The number of fused-ring (bicyclic) bond motifs is 1. The molecule has 3 aromatic carbocycles. The molecule has 0 saturated carbocycles. The van der Waals surface area contributed by atoms with Crippen LogP contribution in [0.1, 0.15) is 38.8 Å². The Morgan fingerprint density at radius 2 is 1.81 bits per heavy atom. The summed E-state index contributed by atoms with van der Waals surface area (Å²) >= 11 is 3.49. The highest BCUT2D eigenvalue weighted by Gasteiger charge is 2.20. The van der Waals surface area contributed by atoms with Crippen LogP contribution in [-0.4, -0.2) is 25.3 Å². The molecule has 1 N–H and O–H groups in total. The predicted octanol–water partition coefficient (Wildman–Crippen LogP) is 5.83. The Balaban J connectivity index is 1.70. The lowest BCUT2D eigenvalue weighted by Crippen LogP contribution is -2.25. The third kappa shape index (κ3) is 5.85. The van der Waals surface area contributed by atoms with Crippen molar-refractivity contribution in [3.8, 4) is 11.5 Å². The van der Waals surface area contributed by atoms with Crippen molar-refractivity contribution in [2.75, 3.05) is 13.2 Å². The van der Waals surface area contributed by atoms with Gasteiger partial charge in [-0.05, 0) is 47.4 Å². The zero-order chi connectivity index (χ0) is 22.4. The van der Waals surface area contributed by atoms with E-state index in [1.54, 1.807) is 6.21 Å². The number of hydrazone groups is 1. The lowest BCUT2D eigenvalue weighted by Gasteiger charge is -2.23. The number of benzene rings is 3. The van der Waals surface area contributed by atoms with Gasteiger partial charge in [-0.1, -0.05) is 67.0 Å². The van der Waals surface area contributed by atoms with Gasteiger partial charge < -0.3 is 9.47 Å². The molecule has 0 aliphatic rings. The quantitative estimate of drug-likeness (QED) is 0.340. The monoisotopic (exact) mass is 482 g/mol. The third-order valence-electron chi connectivity index (χ3n) is 4.72. The van der Waals surface area contributed by atoms with E-state index in [-0.39, 0.29) is 17.9 Å². The molecule has 0 bridgehead atoms. The van der Waals surface area contributed by atoms with Crippen LogP contribution < -0.4 is 14.9 Å². The second-order valence-corrected chi connectivity index (χ2v) is 9.02. The number of nitrogens with zero attached hydrogens (tertiary/aromatic N) is 1. The number of nitrogens with one attached hydrogen (secondary N) is 1. The molecule has 3 aromatic rings. The number of carbonyl (C=O) groups is 1. The summed E-state index contributed by atoms with van der Waals surface area (Å²) in [6.45, 7) is 8.66. The fourth-order valence-corrected chi connectivity index (χ4v) is 3.61. The highest BCUT2D eigenvalue weighted by atomic mass is 79.9. The summed E-state index contributed by atoms with van der Waals surface area (Å²) in [4.78, 5) is 12.3. The molecule has 0 aromatic heterocycles. The highest BCUT2D eigenvalue weighted by molar-refractivity contribution is 9.10. The molecule has 0 atom stereocenters. The predicted molar refractivity (Wildman–Crippen MR) is 129 cm³/mol. The number of halogens is 1. The van der Waals surface area contributed by atoms with Crippen molar-refractivity contribution in [3.05, 3.63) is 70.2 Å². The average molecular weight is 483 g/mol. The summed E-state index contributed by atoms with van der Waals surface area (Å²) in [6.07, 6.45) is 1.62. The molecule has 0 fully saturated rings. The number of hydrogen-bond acceptors (Lipinski definition) is 4. The Morgan fingerprint density at radius 3 is 2.55 bits per heavy atom. The van der Waals surface area contributed by atoms with Crippen LogP contribution in [0.25, 0.3) is 10.8 Å². The fourth-order valence-electron chi connectivity index (χ4n) is 3.25. The van der Waals surface area contributed by atoms with E-state index in [0.29, 0.717) is 12.4 Å². The lowest BCUT2D eigenvalue weighted by atomic mass is 9.86. The smallest absolute Gasteiger partial charge is 0.277 e. The number of rotatable bonds is 7. The molecule has 0 spiro atoms. The molecule has 162 valence electrons. The van der Waals surface area contributed by atoms with E-state index in [0.717, 1.165) is 32.1 Å². The third-order valence-corrected chi connectivity index (χ3v) is 5.22. The molecule has 0 heterocycles. The van der Waals surface area contributed by atoms with Crippen LogP contribution in [-0.2, 0) is 10.2 Å². The van der Waals surface area contributed by atoms with Crippen molar-refractivity contribution in [2.45, 2.75) is 33.1 Å². The van der Waals surface area contributed by atoms with E-state index in [4.69, 9.17) is 9.47 Å². The molecule has 6 heteroatoms. The number of carbonyl (C=O) groups excluding carboxylic acids is 1. The Labute approximate surface area is 191 Å². The van der Waals surface area contributed by atoms with E-state index in [9.17, 15) is 4.79 Å². The largest absolute Gasteiger partial charge is 0.493 e. The Morgan fingerprint density at radius 1 is 1.06 bits per heavy atom. The standard InChI is InChI=1S/C25H27BrN2O3/c1-5-30-22-12-10-17-8-6-7-9-19(17)20(22)15-27-28-24(29)16-31-23-13-11-18(26)14-21(23)25(2,3)4/h6-15H,5,16H2,1-4H3,(H,28,29)/b27-15+. The maximum Gasteiger partial charge on any atom is 0.277 e. The average Bonchev–Trinajstić information content (AvgIpc) is 2.73. The summed E-state index contributed by atoms with van der Waals surface area (Å²) < 4.78 is 12.5. The molecule has 1 amide bonds. The fraction of sp³-hybridized carbons (Fsp3) is 0.280. The van der Waals surface area contributed by atoms with Crippen molar-refractivity contribution in [3.63, 3.8) is 0 Å². The van der Waals surface area contributed by atoms with Gasteiger partial charge >= 0.3 is 0 Å². The first-order valence-corrected chi connectivity index (χ1v) is 11.0. The first-order valence-electron chi connectivity index (χ1n) is 10.2. The molecule has 3 rings (SSSR count). The number of ether oxygens (including phenoxy) is 2. The number of amides is 1. The minimum atomic E-state index is -0.336. The first kappa shape index (κ1) is 22.8. The van der Waals surface area contributed by atoms with Crippen LogP contribution in [0.2, 0.25) is 0 Å². The molecular weight excluding hydrogens is 456 g/mol. The molecule has 0 aliphatic heterocycles. The number of hydrogen-bond donors (Lipinski definition) is 1. The van der Waals surface area contributed by atoms with E-state index in [1.807, 2.05) is 61.5 Å². The normalized spacial score (nSPS) is 11.6. The molecule has 0 unspecified atom stereocenters. The second kappa shape index (κ2) is 9.96. The van der Waals surface area contributed by atoms with Gasteiger partial charge in [0.25, 0.3) is 5.91 Å². The minimum Gasteiger partial charge on any atom is -0.493 e. The van der Waals surface area contributed by atoms with Gasteiger partial charge in [0.1, 0.15) is 11.5 Å². The van der Waals surface area contributed by atoms with Crippen LogP contribution >= 0.6 is 15.9 Å². The summed E-state index contributed by atoms with van der Waals surface area (Å²) in [5.41, 5.74) is 4.28. The van der Waals surface area contributed by atoms with Gasteiger partial charge in [-0.2, -0.15) is 5.10 Å². The first-order chi connectivity index (χ1) is 14.8. The Kier molecular flexibility index (Phi) is 7.33. The van der Waals surface area contributed by atoms with Gasteiger partial charge in [-0.15, -0.1) is 0 Å². The van der Waals surface area contributed by atoms with E-state index in [1.165, 1.54) is 0 Å². The van der Waals surface area contributed by atoms with Crippen molar-refractivity contribution in [1.82, 2.24) is 5.43 Å². The van der Waals surface area contributed by atoms with E-state index in [2.05, 4.69) is 47.2 Å². The van der Waals surface area contributed by atoms with Gasteiger partial charge in [0, 0.05) is 15.6 Å². The lowest BCUT2D eigenvalue weighted by molar-refractivity contribution is -0.123. The van der Waals surface area contributed by atoms with Crippen LogP contribution in [0.4, 0.5) is 0 Å². The Hall–Kier alpha value is -2.86. The van der Waals surface area contributed by atoms with E-state index >= 15 is 0 Å². The second-order valence-electron chi connectivity index (χ2n) is 8.10. The van der Waals surface area contributed by atoms with Crippen molar-refractivity contribution in [2.24, 2.45) is 5.10 Å². The molecule has 31 heavy (non-hydrogen) atoms. The van der Waals surface area contributed by atoms with Crippen molar-refractivity contribution in [1.29, 1.82) is 0 Å². The molecule has 5 nitrogen and oxygen atoms in total. The van der Waals surface area contributed by atoms with Gasteiger partial charge in [-0.3, -0.25) is 4.79 Å². The van der Waals surface area contributed by atoms with E-state index < -0.39 is 0 Å². The summed E-state index contributed by atoms with van der Waals surface area (Å²) in [5, 5.41) is 6.22. The zero-order valence-electron chi connectivity index (χ0n) is 18.2. The van der Waals surface area contributed by atoms with Crippen LogP contribution in [0, 0.1) is 0 Å². The molecule has 0 aliphatic carbocycles. The summed E-state index contributed by atoms with van der Waals surface area (Å²) in [5.74, 6) is 1.07. The van der Waals surface area contributed by atoms with Crippen LogP contribution in [0.3, 0.4) is 0 Å². The van der Waals surface area contributed by atoms with Gasteiger partial charge in [0.15, 0.2) is 6.61 Å². The highest BCUT2D eigenvalue weighted by Crippen LogP contribution is 2.33. The molecule has 0 saturated heterocycles. The maximum atomic E-state index is 12.3. The van der Waals surface area contributed by atoms with Crippen LogP contribution in [0.5, 0.6) is 11.5 Å². The minimum absolute atomic E-state index is 0.113. The van der Waals surface area contributed by atoms with Crippen LogP contribution in [0.15, 0.2) is 64.2 Å². The van der Waals surface area contributed by atoms with Gasteiger partial charge in [0.2, 0.25) is 0 Å². The topological polar surface area (TPSA) is 59.9 Å². The molecular formula is C25H27BrN2O3. The maximum absolute atomic E-state index is 12.3. The SMILES string of the molecule is CCOc1ccc2ccccc2c1/C=N/NC(=O)COc1ccc(Br)cc1C(C)(C)C. The van der Waals surface area contributed by atoms with Crippen molar-refractivity contribution >= 4 is 38.8 Å². The Bertz CT molecular complexity index is 1100. The molecule has 0 radical (unpaired) electrons. The van der Waals surface area contributed by atoms with Gasteiger partial charge in [-0.25, -0.2) is 5.43 Å². The summed E-state index contributed by atoms with van der Waals surface area (Å²) in [6, 6.07) is 17.7.